The Kier molecular flexibility index (Phi) is 6.03. The van der Waals surface area contributed by atoms with Crippen molar-refractivity contribution in [3.63, 3.8) is 0 Å². The van der Waals surface area contributed by atoms with Crippen molar-refractivity contribution in [2.75, 3.05) is 31.1 Å². The SMILES string of the molecule is CC(C)(C)OC(=O)CN1CCC(c2ccc(N3CCC(=O)NC3=O)cc2)CC1. The van der Waals surface area contributed by atoms with Gasteiger partial charge in [0.25, 0.3) is 0 Å². The number of hydrogen-bond donors (Lipinski definition) is 1. The molecule has 1 N–H and O–H groups in total. The Hall–Kier alpha value is -2.41. The van der Waals surface area contributed by atoms with Gasteiger partial charge in [-0.05, 0) is 70.3 Å². The number of rotatable bonds is 4. The summed E-state index contributed by atoms with van der Waals surface area (Å²) in [6.07, 6.45) is 2.30. The van der Waals surface area contributed by atoms with Gasteiger partial charge in [0.15, 0.2) is 0 Å². The highest BCUT2D eigenvalue weighted by molar-refractivity contribution is 6.05. The molecule has 2 heterocycles. The Bertz CT molecular complexity index is 731. The molecule has 28 heavy (non-hydrogen) atoms. The maximum Gasteiger partial charge on any atom is 0.328 e. The zero-order valence-electron chi connectivity index (χ0n) is 16.9. The van der Waals surface area contributed by atoms with E-state index in [0.717, 1.165) is 31.6 Å². The van der Waals surface area contributed by atoms with Gasteiger partial charge in [-0.3, -0.25) is 24.7 Å². The molecular weight excluding hydrogens is 358 g/mol. The van der Waals surface area contributed by atoms with Crippen molar-refractivity contribution in [1.82, 2.24) is 10.2 Å². The second-order valence-electron chi connectivity index (χ2n) is 8.48. The molecule has 1 aromatic carbocycles. The van der Waals surface area contributed by atoms with E-state index < -0.39 is 5.60 Å². The molecule has 1 aromatic rings. The number of carbonyl (C=O) groups excluding carboxylic acids is 3. The lowest BCUT2D eigenvalue weighted by Gasteiger charge is -2.32. The largest absolute Gasteiger partial charge is 0.459 e. The zero-order chi connectivity index (χ0) is 20.3. The maximum absolute atomic E-state index is 12.0. The number of urea groups is 1. The number of nitrogens with zero attached hydrogens (tertiary/aromatic N) is 2. The average molecular weight is 387 g/mol. The Morgan fingerprint density at radius 2 is 1.75 bits per heavy atom. The van der Waals surface area contributed by atoms with E-state index >= 15 is 0 Å². The summed E-state index contributed by atoms with van der Waals surface area (Å²) in [6, 6.07) is 7.65. The number of piperidine rings is 1. The van der Waals surface area contributed by atoms with Crippen LogP contribution in [0.5, 0.6) is 0 Å². The third-order valence-electron chi connectivity index (χ3n) is 5.09. The second-order valence-corrected chi connectivity index (χ2v) is 8.48. The molecule has 0 aliphatic carbocycles. The zero-order valence-corrected chi connectivity index (χ0v) is 16.9. The van der Waals surface area contributed by atoms with Crippen LogP contribution in [0.3, 0.4) is 0 Å². The number of likely N-dealkylation sites (tertiary alicyclic amines) is 1. The molecular formula is C21H29N3O4. The number of amides is 3. The van der Waals surface area contributed by atoms with Gasteiger partial charge < -0.3 is 4.74 Å². The number of benzene rings is 1. The molecule has 2 aliphatic heterocycles. The first kappa shape index (κ1) is 20.3. The van der Waals surface area contributed by atoms with Crippen molar-refractivity contribution in [2.45, 2.75) is 51.6 Å². The summed E-state index contributed by atoms with van der Waals surface area (Å²) in [7, 11) is 0. The molecule has 152 valence electrons. The van der Waals surface area contributed by atoms with E-state index in [0.29, 0.717) is 25.4 Å². The van der Waals surface area contributed by atoms with E-state index in [1.807, 2.05) is 32.9 Å². The predicted octanol–water partition coefficient (Wildman–Crippen LogP) is 2.65. The number of hydrogen-bond acceptors (Lipinski definition) is 5. The normalized spacial score (nSPS) is 19.5. The van der Waals surface area contributed by atoms with Crippen LogP contribution in [-0.2, 0) is 14.3 Å². The minimum atomic E-state index is -0.449. The lowest BCUT2D eigenvalue weighted by molar-refractivity contribution is -0.156. The van der Waals surface area contributed by atoms with Crippen molar-refractivity contribution in [1.29, 1.82) is 0 Å². The van der Waals surface area contributed by atoms with Crippen molar-refractivity contribution in [3.05, 3.63) is 29.8 Å². The third-order valence-corrected chi connectivity index (χ3v) is 5.09. The molecule has 2 aliphatic rings. The summed E-state index contributed by atoms with van der Waals surface area (Å²) >= 11 is 0. The Morgan fingerprint density at radius 3 is 2.32 bits per heavy atom. The average Bonchev–Trinajstić information content (AvgIpc) is 2.61. The Balaban J connectivity index is 1.51. The summed E-state index contributed by atoms with van der Waals surface area (Å²) in [6.45, 7) is 8.12. The lowest BCUT2D eigenvalue weighted by atomic mass is 9.89. The maximum atomic E-state index is 12.0. The van der Waals surface area contributed by atoms with Gasteiger partial charge in [-0.2, -0.15) is 0 Å². The lowest BCUT2D eigenvalue weighted by Crippen LogP contribution is -2.49. The van der Waals surface area contributed by atoms with E-state index in [2.05, 4.69) is 22.3 Å². The number of ether oxygens (including phenoxy) is 1. The van der Waals surface area contributed by atoms with Crippen molar-refractivity contribution in [2.24, 2.45) is 0 Å². The van der Waals surface area contributed by atoms with E-state index in [1.165, 1.54) is 5.56 Å². The van der Waals surface area contributed by atoms with Crippen LogP contribution in [0.1, 0.15) is 51.5 Å². The van der Waals surface area contributed by atoms with Gasteiger partial charge in [-0.25, -0.2) is 4.79 Å². The highest BCUT2D eigenvalue weighted by Crippen LogP contribution is 2.30. The molecule has 0 saturated carbocycles. The molecule has 0 unspecified atom stereocenters. The summed E-state index contributed by atoms with van der Waals surface area (Å²) in [5.74, 6) is 0.0466. The number of nitrogens with one attached hydrogen (secondary N) is 1. The molecule has 2 saturated heterocycles. The van der Waals surface area contributed by atoms with Crippen LogP contribution in [0.4, 0.5) is 10.5 Å². The highest BCUT2D eigenvalue weighted by atomic mass is 16.6. The first-order valence-corrected chi connectivity index (χ1v) is 9.87. The smallest absolute Gasteiger partial charge is 0.328 e. The quantitative estimate of drug-likeness (QED) is 0.804. The fourth-order valence-corrected chi connectivity index (χ4v) is 3.72. The molecule has 3 rings (SSSR count). The van der Waals surface area contributed by atoms with Crippen molar-refractivity contribution < 1.29 is 19.1 Å². The predicted molar refractivity (Wildman–Crippen MR) is 106 cm³/mol. The molecule has 0 atom stereocenters. The molecule has 0 aromatic heterocycles. The number of anilines is 1. The topological polar surface area (TPSA) is 79.0 Å². The van der Waals surface area contributed by atoms with Gasteiger partial charge in [-0.15, -0.1) is 0 Å². The number of esters is 1. The van der Waals surface area contributed by atoms with Gasteiger partial charge in [0.05, 0.1) is 6.54 Å². The molecule has 0 radical (unpaired) electrons. The third kappa shape index (κ3) is 5.32. The number of carbonyl (C=O) groups is 3. The minimum absolute atomic E-state index is 0.173. The van der Waals surface area contributed by atoms with Crippen LogP contribution in [0.25, 0.3) is 0 Å². The van der Waals surface area contributed by atoms with Gasteiger partial charge in [0.1, 0.15) is 5.60 Å². The Labute approximate surface area is 166 Å². The summed E-state index contributed by atoms with van der Waals surface area (Å²) in [5.41, 5.74) is 1.60. The molecule has 0 spiro atoms. The van der Waals surface area contributed by atoms with E-state index in [4.69, 9.17) is 4.74 Å². The minimum Gasteiger partial charge on any atom is -0.459 e. The van der Waals surface area contributed by atoms with Crippen LogP contribution < -0.4 is 10.2 Å². The first-order valence-electron chi connectivity index (χ1n) is 9.87. The summed E-state index contributed by atoms with van der Waals surface area (Å²) in [4.78, 5) is 39.0. The molecule has 0 bridgehead atoms. The van der Waals surface area contributed by atoms with Crippen LogP contribution in [0.15, 0.2) is 24.3 Å². The van der Waals surface area contributed by atoms with Crippen LogP contribution in [0.2, 0.25) is 0 Å². The van der Waals surface area contributed by atoms with Crippen LogP contribution >= 0.6 is 0 Å². The molecule has 3 amide bonds. The van der Waals surface area contributed by atoms with E-state index in [-0.39, 0.29) is 17.9 Å². The van der Waals surface area contributed by atoms with Gasteiger partial charge in [0.2, 0.25) is 5.91 Å². The molecule has 2 fully saturated rings. The second kappa shape index (κ2) is 8.31. The Morgan fingerprint density at radius 1 is 1.11 bits per heavy atom. The summed E-state index contributed by atoms with van der Waals surface area (Å²) < 4.78 is 5.40. The van der Waals surface area contributed by atoms with Gasteiger partial charge in [-0.1, -0.05) is 12.1 Å². The monoisotopic (exact) mass is 387 g/mol. The number of imide groups is 1. The van der Waals surface area contributed by atoms with Gasteiger partial charge in [0, 0.05) is 18.7 Å². The van der Waals surface area contributed by atoms with Crippen molar-refractivity contribution >= 4 is 23.6 Å². The fourth-order valence-electron chi connectivity index (χ4n) is 3.72. The van der Waals surface area contributed by atoms with Crippen LogP contribution in [0, 0.1) is 0 Å². The van der Waals surface area contributed by atoms with Gasteiger partial charge >= 0.3 is 12.0 Å². The fraction of sp³-hybridized carbons (Fsp3) is 0.571. The summed E-state index contributed by atoms with van der Waals surface area (Å²) in [5, 5.41) is 2.34. The highest BCUT2D eigenvalue weighted by Gasteiger charge is 2.26. The molecule has 7 nitrogen and oxygen atoms in total. The van der Waals surface area contributed by atoms with E-state index in [1.54, 1.807) is 4.90 Å². The first-order chi connectivity index (χ1) is 13.2. The molecule has 7 heteroatoms. The van der Waals surface area contributed by atoms with E-state index in [9.17, 15) is 14.4 Å². The standard InChI is InChI=1S/C21H29N3O4/c1-21(2,3)28-19(26)14-23-11-8-16(9-12-23)15-4-6-17(7-5-15)24-13-10-18(25)22-20(24)27/h4-7,16H,8-14H2,1-3H3,(H,22,25,27). The van der Waals surface area contributed by atoms with Crippen LogP contribution in [-0.4, -0.2) is 54.6 Å². The van der Waals surface area contributed by atoms with Crippen molar-refractivity contribution in [3.8, 4) is 0 Å².